The predicted molar refractivity (Wildman–Crippen MR) is 283 cm³/mol. The summed E-state index contributed by atoms with van der Waals surface area (Å²) in [6.45, 7) is -1.59. The Balaban J connectivity index is 1.51. The molecule has 6 atom stereocenters. The molecular weight excluding hydrogens is 1110 g/mol. The molecule has 0 aliphatic carbocycles. The summed E-state index contributed by atoms with van der Waals surface area (Å²) in [4.78, 5) is 164. The maximum Gasteiger partial charge on any atom is 0.328 e. The first-order chi connectivity index (χ1) is 40.0. The molecule has 1 saturated heterocycles. The van der Waals surface area contributed by atoms with Crippen molar-refractivity contribution in [2.75, 3.05) is 125 Å². The van der Waals surface area contributed by atoms with Gasteiger partial charge in [0.05, 0.1) is 88.1 Å². The maximum atomic E-state index is 13.8. The zero-order chi connectivity index (χ0) is 62.1. The number of rotatable bonds is 39. The van der Waals surface area contributed by atoms with E-state index in [1.807, 2.05) is 0 Å². The number of carboxylic acid groups (broad SMARTS) is 5. The minimum atomic E-state index is -1.68. The van der Waals surface area contributed by atoms with Crippen LogP contribution in [-0.2, 0) is 79.8 Å². The minimum Gasteiger partial charge on any atom is -0.549 e. The predicted octanol–water partition coefficient (Wildman–Crippen LogP) is -8.44. The van der Waals surface area contributed by atoms with Crippen molar-refractivity contribution >= 4 is 70.8 Å². The first-order valence-electron chi connectivity index (χ1n) is 27.0. The number of nitrogens with one attached hydrogen (secondary N) is 5. The van der Waals surface area contributed by atoms with Crippen molar-refractivity contribution in [3.05, 3.63) is 54.1 Å². The quantitative estimate of drug-likeness (QED) is 0.0281. The molecule has 1 aromatic carbocycles. The maximum absolute atomic E-state index is 13.8. The van der Waals surface area contributed by atoms with Gasteiger partial charge in [-0.15, -0.1) is 0 Å². The van der Waals surface area contributed by atoms with Gasteiger partial charge in [-0.05, 0) is 18.9 Å². The number of carbonyl (C=O) groups excluding carboxylic acids is 10. The van der Waals surface area contributed by atoms with Crippen molar-refractivity contribution < 1.29 is 103 Å². The van der Waals surface area contributed by atoms with Gasteiger partial charge in [0, 0.05) is 122 Å². The highest BCUT2D eigenvalue weighted by molar-refractivity contribution is 5.97. The van der Waals surface area contributed by atoms with Crippen molar-refractivity contribution in [3.63, 3.8) is 0 Å². The number of carbonyl (C=O) groups is 12. The number of aliphatic hydroxyl groups is 2. The van der Waals surface area contributed by atoms with Gasteiger partial charge in [0.25, 0.3) is 0 Å². The summed E-state index contributed by atoms with van der Waals surface area (Å²) >= 11 is 0. The number of hydrogen-bond acceptors (Lipinski definition) is 24. The number of hydrogen-bond donors (Lipinski definition) is 9. The zero-order valence-corrected chi connectivity index (χ0v) is 46.6. The zero-order valence-electron chi connectivity index (χ0n) is 46.6. The number of H-pyrrole nitrogens is 1. The van der Waals surface area contributed by atoms with E-state index in [0.29, 0.717) is 11.3 Å². The Bertz CT molecular complexity index is 2460. The van der Waals surface area contributed by atoms with Gasteiger partial charge in [0.15, 0.2) is 17.3 Å². The lowest BCUT2D eigenvalue weighted by atomic mass is 9.90. The largest absolute Gasteiger partial charge is 0.549 e. The third-order valence-electron chi connectivity index (χ3n) is 13.3. The van der Waals surface area contributed by atoms with Crippen LogP contribution in [0, 0.1) is 17.8 Å². The number of aromatic amines is 1. The molecule has 31 heteroatoms. The van der Waals surface area contributed by atoms with E-state index in [-0.39, 0.29) is 98.1 Å². The van der Waals surface area contributed by atoms with Crippen LogP contribution in [0.15, 0.2) is 42.9 Å². The monoisotopic (exact) mass is 1190 g/mol. The van der Waals surface area contributed by atoms with Crippen molar-refractivity contribution in [2.24, 2.45) is 17.8 Å². The van der Waals surface area contributed by atoms with Crippen LogP contribution in [0.4, 0.5) is 0 Å². The fraction of sp³-hybridized carbons (Fsp3) is 0.604. The number of carboxylic acids is 5. The molecule has 1 aliphatic heterocycles. The molecule has 1 aliphatic rings. The lowest BCUT2D eigenvalue weighted by Gasteiger charge is -2.34. The molecule has 84 heavy (non-hydrogen) atoms. The fourth-order valence-electron chi connectivity index (χ4n) is 8.77. The van der Waals surface area contributed by atoms with Gasteiger partial charge < -0.3 is 85.9 Å². The number of nitrogens with zero attached hydrogens (tertiary/aromatic N) is 5. The number of ether oxygens (including phenoxy) is 2. The Morgan fingerprint density at radius 1 is 0.595 bits per heavy atom. The number of amides is 4. The average Bonchev–Trinajstić information content (AvgIpc) is 4.09. The molecule has 1 aromatic heterocycles. The molecule has 0 unspecified atom stereocenters. The highest BCUT2D eigenvalue weighted by Gasteiger charge is 2.34. The Morgan fingerprint density at radius 3 is 1.57 bits per heavy atom. The molecule has 0 saturated carbocycles. The first kappa shape index (κ1) is 70.6. The van der Waals surface area contributed by atoms with E-state index in [9.17, 15) is 93.3 Å². The summed E-state index contributed by atoms with van der Waals surface area (Å²) in [6.07, 6.45) is -0.111. The van der Waals surface area contributed by atoms with Crippen molar-refractivity contribution in [2.45, 2.75) is 63.6 Å². The van der Waals surface area contributed by atoms with Gasteiger partial charge in [0.2, 0.25) is 23.6 Å². The molecule has 3 rings (SSSR count). The van der Waals surface area contributed by atoms with Crippen LogP contribution < -0.4 is 36.6 Å². The summed E-state index contributed by atoms with van der Waals surface area (Å²) in [5.74, 6) is -16.4. The number of imidazole rings is 1. The second kappa shape index (κ2) is 38.3. The van der Waals surface area contributed by atoms with E-state index in [2.05, 4.69) is 31.2 Å². The smallest absolute Gasteiger partial charge is 0.328 e. The van der Waals surface area contributed by atoms with Crippen LogP contribution >= 0.6 is 0 Å². The van der Waals surface area contributed by atoms with E-state index in [4.69, 9.17) is 9.47 Å². The molecule has 466 valence electrons. The van der Waals surface area contributed by atoms with E-state index in [0.717, 1.165) is 0 Å². The molecule has 0 spiro atoms. The molecule has 0 bridgehead atoms. The van der Waals surface area contributed by atoms with E-state index >= 15 is 0 Å². The lowest BCUT2D eigenvalue weighted by molar-refractivity contribution is -0.308. The van der Waals surface area contributed by atoms with Crippen LogP contribution in [0.5, 0.6) is 0 Å². The molecule has 9 N–H and O–H groups in total. The number of aliphatic hydroxyl groups excluding tert-OH is 2. The third-order valence-corrected chi connectivity index (χ3v) is 13.3. The third kappa shape index (κ3) is 28.6. The number of aromatic nitrogens is 2. The van der Waals surface area contributed by atoms with E-state index < -0.39 is 172 Å². The average molecular weight is 1190 g/mol. The standard InChI is InChI=1S/C53H78N10O21/c1-34(43(67)22-37(20-39-25-54-33-56-39)52(80)58-41(30-64)44(68)23-36(19-35-5-3-2-4-6-35)51(79)59-42(31-65)53(81)82)57-50(78)38(24-46(70)71)21-40(66)32-84-18-17-83-16-7-55-45(69)26-60-8-10-61(27-47(72)73)12-14-63(29-49(76)77)15-13-62(11-9-60)28-48(74)75/h2-6,25,33-34,36-38,41-42,64-65H,7-24,26-32H2,1H3,(H,54,56)(H,55,69)(H,57,78)(H,58,80)(H,59,79)(H,70,71)(H,72,73)(H,74,75)(H,76,77)(H,81,82)/p-3/t34-,36+,37+,38-,41-,42-/m0/s1. The van der Waals surface area contributed by atoms with Gasteiger partial charge in [-0.25, -0.2) is 9.78 Å². The Kier molecular flexibility index (Phi) is 32.2. The number of aliphatic carboxylic acids is 5. The molecule has 2 aromatic rings. The van der Waals surface area contributed by atoms with Crippen LogP contribution in [0.2, 0.25) is 0 Å². The van der Waals surface area contributed by atoms with Gasteiger partial charge in [-0.2, -0.15) is 0 Å². The van der Waals surface area contributed by atoms with Crippen molar-refractivity contribution in [3.8, 4) is 0 Å². The molecule has 4 amide bonds. The van der Waals surface area contributed by atoms with Gasteiger partial charge in [-0.3, -0.25) is 58.0 Å². The fourth-order valence-corrected chi connectivity index (χ4v) is 8.77. The van der Waals surface area contributed by atoms with Gasteiger partial charge in [-0.1, -0.05) is 30.3 Å². The summed E-state index contributed by atoms with van der Waals surface area (Å²) in [5, 5.41) is 82.6. The Morgan fingerprint density at radius 2 is 1.08 bits per heavy atom. The minimum absolute atomic E-state index is 0.00299. The topological polar surface area (TPSA) is 463 Å². The van der Waals surface area contributed by atoms with E-state index in [1.54, 1.807) is 35.2 Å². The van der Waals surface area contributed by atoms with Gasteiger partial charge >= 0.3 is 11.9 Å². The summed E-state index contributed by atoms with van der Waals surface area (Å²) in [5.41, 5.74) is 0.977. The second-order valence-corrected chi connectivity index (χ2v) is 20.0. The summed E-state index contributed by atoms with van der Waals surface area (Å²) in [7, 11) is 0. The number of Topliss-reactive ketones (excluding diaryl/α,β-unsaturated/α-hetero) is 3. The summed E-state index contributed by atoms with van der Waals surface area (Å²) < 4.78 is 10.8. The van der Waals surface area contributed by atoms with E-state index in [1.165, 1.54) is 34.1 Å². The molecular formula is C53H75N10O21-3. The lowest BCUT2D eigenvalue weighted by Crippen LogP contribution is -2.52. The van der Waals surface area contributed by atoms with Crippen LogP contribution in [0.1, 0.15) is 43.9 Å². The SMILES string of the molecule is C[C@H](NC(=O)[C@H](CC(=O)O)CC(=O)COCCOCCNC(=O)CN1CCN(CC(=O)[O-])CCN(CC(=O)[O-])CCN(CC(=O)[O-])CC1)C(=O)C[C@@H](Cc1cnc[nH]1)C(=O)N[C@@H](CO)C(=O)C[C@@H](Cc1ccccc1)C(=O)N[C@@H](CO)C(=O)O. The Hall–Kier alpha value is -7.65. The highest BCUT2D eigenvalue weighted by Crippen LogP contribution is 2.18. The van der Waals surface area contributed by atoms with Crippen LogP contribution in [0.3, 0.4) is 0 Å². The molecule has 1 fully saturated rings. The van der Waals surface area contributed by atoms with Crippen molar-refractivity contribution in [1.82, 2.24) is 50.8 Å². The second-order valence-electron chi connectivity index (χ2n) is 20.0. The molecule has 0 radical (unpaired) electrons. The number of benzene rings is 1. The first-order valence-corrected chi connectivity index (χ1v) is 27.0. The summed E-state index contributed by atoms with van der Waals surface area (Å²) in [6, 6.07) is 3.76. The highest BCUT2D eigenvalue weighted by atomic mass is 16.5. The Labute approximate surface area is 483 Å². The van der Waals surface area contributed by atoms with Gasteiger partial charge in [0.1, 0.15) is 18.7 Å². The molecule has 31 nitrogen and oxygen atoms in total. The normalized spacial score (nSPS) is 16.2. The van der Waals surface area contributed by atoms with Crippen LogP contribution in [-0.4, -0.2) is 264 Å². The van der Waals surface area contributed by atoms with Crippen molar-refractivity contribution in [1.29, 1.82) is 0 Å². The van der Waals surface area contributed by atoms with Crippen LogP contribution in [0.25, 0.3) is 0 Å². The number of ketones is 3. The molecule has 2 heterocycles.